The number of piperazine rings is 1. The summed E-state index contributed by atoms with van der Waals surface area (Å²) in [7, 11) is -2.10. The minimum absolute atomic E-state index is 0.0838. The van der Waals surface area contributed by atoms with E-state index in [2.05, 4.69) is 38.1 Å². The van der Waals surface area contributed by atoms with E-state index < -0.39 is 26.6 Å². The van der Waals surface area contributed by atoms with Gasteiger partial charge in [-0.05, 0) is 93.5 Å². The average Bonchev–Trinajstić information content (AvgIpc) is 3.74. The fourth-order valence-electron chi connectivity index (χ4n) is 9.27. The molecule has 2 saturated carbocycles. The molecule has 0 spiro atoms. The standard InChI is InChI=1S/C37H46N4O5S/c1-5-39-19-25-16-26(20-39)41(25)36(43)37-18-31(37)30-17-27(46-4)12-14-28(30)34-33(23-9-7-6-8-10-23)29-13-11-24(15-32(29)40(34)21-37)35(42)38-47(44,45)22(2)3/h11-15,17,22-23,25-26,31H,5-10,16,18-21H2,1-4H3,(H,38,42). The van der Waals surface area contributed by atoms with E-state index in [1.54, 1.807) is 27.0 Å². The van der Waals surface area contributed by atoms with Crippen molar-refractivity contribution in [3.8, 4) is 17.0 Å². The normalized spacial score (nSPS) is 27.0. The summed E-state index contributed by atoms with van der Waals surface area (Å²) in [5.41, 5.74) is 5.41. The maximum Gasteiger partial charge on any atom is 0.264 e. The van der Waals surface area contributed by atoms with Crippen LogP contribution < -0.4 is 9.46 Å². The Morgan fingerprint density at radius 3 is 2.47 bits per heavy atom. The average molecular weight is 659 g/mol. The van der Waals surface area contributed by atoms with Crippen LogP contribution in [0.15, 0.2) is 36.4 Å². The van der Waals surface area contributed by atoms with Crippen LogP contribution in [0.3, 0.4) is 0 Å². The number of nitrogens with one attached hydrogen (secondary N) is 1. The molecule has 2 bridgehead atoms. The maximum atomic E-state index is 14.9. The predicted molar refractivity (Wildman–Crippen MR) is 182 cm³/mol. The highest BCUT2D eigenvalue weighted by molar-refractivity contribution is 7.90. The minimum atomic E-state index is -3.80. The minimum Gasteiger partial charge on any atom is -0.497 e. The Hall–Kier alpha value is -3.37. The molecule has 2 amide bonds. The number of amides is 2. The number of hydrogen-bond donors (Lipinski definition) is 1. The molecule has 1 aromatic heterocycles. The highest BCUT2D eigenvalue weighted by Gasteiger charge is 2.66. The molecule has 1 N–H and O–H groups in total. The van der Waals surface area contributed by atoms with Crippen LogP contribution in [0, 0.1) is 5.41 Å². The fourth-order valence-corrected chi connectivity index (χ4v) is 9.88. The van der Waals surface area contributed by atoms with Crippen LogP contribution in [0.5, 0.6) is 5.75 Å². The van der Waals surface area contributed by atoms with Crippen LogP contribution in [0.2, 0.25) is 0 Å². The van der Waals surface area contributed by atoms with Crippen LogP contribution in [-0.4, -0.2) is 78.7 Å². The molecule has 0 radical (unpaired) electrons. The molecule has 2 aromatic carbocycles. The summed E-state index contributed by atoms with van der Waals surface area (Å²) in [4.78, 5) is 32.9. The zero-order valence-electron chi connectivity index (χ0n) is 27.9. The Labute approximate surface area is 277 Å². The van der Waals surface area contributed by atoms with Gasteiger partial charge in [-0.25, -0.2) is 13.1 Å². The van der Waals surface area contributed by atoms with E-state index in [1.807, 2.05) is 18.2 Å². The Morgan fingerprint density at radius 2 is 1.79 bits per heavy atom. The second-order valence-corrected chi connectivity index (χ2v) is 17.2. The summed E-state index contributed by atoms with van der Waals surface area (Å²) in [5.74, 6) is 0.887. The van der Waals surface area contributed by atoms with E-state index in [0.29, 0.717) is 18.0 Å². The number of rotatable bonds is 7. The van der Waals surface area contributed by atoms with Crippen LogP contribution in [-0.2, 0) is 21.4 Å². The van der Waals surface area contributed by atoms with Crippen molar-refractivity contribution in [1.82, 2.24) is 19.1 Å². The number of fused-ring (bicyclic) bond motifs is 9. The molecule has 47 heavy (non-hydrogen) atoms. The molecule has 6 aliphatic rings. The van der Waals surface area contributed by atoms with Crippen LogP contribution in [0.4, 0.5) is 0 Å². The summed E-state index contributed by atoms with van der Waals surface area (Å²) in [6.45, 7) is 8.72. The van der Waals surface area contributed by atoms with E-state index in [1.165, 1.54) is 30.4 Å². The number of ether oxygens (including phenoxy) is 1. The lowest BCUT2D eigenvalue weighted by Crippen LogP contribution is -2.71. The van der Waals surface area contributed by atoms with Crippen molar-refractivity contribution in [3.63, 3.8) is 0 Å². The summed E-state index contributed by atoms with van der Waals surface area (Å²) in [6.07, 6.45) is 7.66. The number of carbonyl (C=O) groups excluding carboxylic acids is 2. The zero-order valence-corrected chi connectivity index (χ0v) is 28.7. The Morgan fingerprint density at radius 1 is 1.04 bits per heavy atom. The molecule has 9 rings (SSSR count). The largest absolute Gasteiger partial charge is 0.497 e. The second kappa shape index (κ2) is 11.1. The van der Waals surface area contributed by atoms with Crippen LogP contribution in [0.25, 0.3) is 22.2 Å². The molecule has 5 fully saturated rings. The topological polar surface area (TPSA) is 101 Å². The van der Waals surface area contributed by atoms with Gasteiger partial charge in [-0.3, -0.25) is 14.5 Å². The zero-order chi connectivity index (χ0) is 32.8. The van der Waals surface area contributed by atoms with Crippen molar-refractivity contribution in [2.24, 2.45) is 5.41 Å². The molecular weight excluding hydrogens is 612 g/mol. The number of sulfonamides is 1. The molecule has 10 heteroatoms. The van der Waals surface area contributed by atoms with Crippen LogP contribution >= 0.6 is 0 Å². The lowest BCUT2D eigenvalue weighted by atomic mass is 9.81. The number of piperidine rings is 1. The van der Waals surface area contributed by atoms with Crippen molar-refractivity contribution in [2.75, 3.05) is 26.7 Å². The van der Waals surface area contributed by atoms with Crippen molar-refractivity contribution in [3.05, 3.63) is 53.1 Å². The third kappa shape index (κ3) is 4.76. The summed E-state index contributed by atoms with van der Waals surface area (Å²) in [5, 5.41) is 0.368. The van der Waals surface area contributed by atoms with Gasteiger partial charge in [0.15, 0.2) is 0 Å². The quantitative estimate of drug-likeness (QED) is 0.354. The van der Waals surface area contributed by atoms with Crippen LogP contribution in [0.1, 0.15) is 99.0 Å². The molecule has 250 valence electrons. The van der Waals surface area contributed by atoms with E-state index >= 15 is 0 Å². The molecule has 9 nitrogen and oxygen atoms in total. The Kier molecular flexibility index (Phi) is 7.30. The molecule has 3 aromatic rings. The molecule has 2 aliphatic carbocycles. The lowest BCUT2D eigenvalue weighted by molar-refractivity contribution is -0.160. The second-order valence-electron chi connectivity index (χ2n) is 14.9. The SMILES string of the molecule is CCN1CC2CC(C1)N2C(=O)C12CC1c1cc(OC)ccc1-c1c(C3CCCCC3)c3ccc(C(=O)NS(=O)(=O)C(C)C)cc3n1C2. The van der Waals surface area contributed by atoms with E-state index in [-0.39, 0.29) is 23.9 Å². The van der Waals surface area contributed by atoms with Gasteiger partial charge in [0.1, 0.15) is 5.75 Å². The Bertz CT molecular complexity index is 1880. The first-order valence-electron chi connectivity index (χ1n) is 17.5. The molecule has 5 heterocycles. The van der Waals surface area contributed by atoms with Gasteiger partial charge in [-0.1, -0.05) is 32.3 Å². The maximum absolute atomic E-state index is 14.9. The number of hydrogen-bond acceptors (Lipinski definition) is 6. The van der Waals surface area contributed by atoms with E-state index in [4.69, 9.17) is 4.74 Å². The Balaban J connectivity index is 1.30. The van der Waals surface area contributed by atoms with Crippen molar-refractivity contribution in [1.29, 1.82) is 0 Å². The molecular formula is C37H46N4O5S. The van der Waals surface area contributed by atoms with Gasteiger partial charge >= 0.3 is 0 Å². The number of aromatic nitrogens is 1. The first-order chi connectivity index (χ1) is 22.6. The molecule has 4 unspecified atom stereocenters. The van der Waals surface area contributed by atoms with Gasteiger partial charge in [-0.15, -0.1) is 0 Å². The van der Waals surface area contributed by atoms with Gasteiger partial charge in [0.25, 0.3) is 5.91 Å². The van der Waals surface area contributed by atoms with Crippen molar-refractivity contribution < 1.29 is 22.7 Å². The van der Waals surface area contributed by atoms with Crippen molar-refractivity contribution in [2.45, 2.75) is 101 Å². The summed E-state index contributed by atoms with van der Waals surface area (Å²) >= 11 is 0. The first kappa shape index (κ1) is 30.9. The van der Waals surface area contributed by atoms with Gasteiger partial charge in [0.2, 0.25) is 15.9 Å². The monoisotopic (exact) mass is 658 g/mol. The number of likely N-dealkylation sites (N-methyl/N-ethyl adjacent to an activating group) is 1. The molecule has 4 aliphatic heterocycles. The van der Waals surface area contributed by atoms with Crippen molar-refractivity contribution >= 4 is 32.7 Å². The number of nitrogens with zero attached hydrogens (tertiary/aromatic N) is 3. The van der Waals surface area contributed by atoms with Gasteiger partial charge in [0, 0.05) is 59.7 Å². The fraction of sp³-hybridized carbons (Fsp3) is 0.568. The first-order valence-corrected chi connectivity index (χ1v) is 19.1. The third-order valence-corrected chi connectivity index (χ3v) is 13.7. The smallest absolute Gasteiger partial charge is 0.264 e. The van der Waals surface area contributed by atoms with E-state index in [0.717, 1.165) is 73.2 Å². The predicted octanol–water partition coefficient (Wildman–Crippen LogP) is 5.62. The molecule has 4 atom stereocenters. The van der Waals surface area contributed by atoms with E-state index in [9.17, 15) is 18.0 Å². The number of methoxy groups -OCH3 is 1. The summed E-state index contributed by atoms with van der Waals surface area (Å²) in [6, 6.07) is 12.5. The number of carbonyl (C=O) groups is 2. The van der Waals surface area contributed by atoms with Gasteiger partial charge < -0.3 is 14.2 Å². The van der Waals surface area contributed by atoms with Gasteiger partial charge in [-0.2, -0.15) is 0 Å². The highest BCUT2D eigenvalue weighted by Crippen LogP contribution is 2.67. The summed E-state index contributed by atoms with van der Waals surface area (Å²) < 4.78 is 35.6. The lowest BCUT2D eigenvalue weighted by Gasteiger charge is -2.57. The third-order valence-electron chi connectivity index (χ3n) is 12.0. The number of benzene rings is 2. The van der Waals surface area contributed by atoms with Gasteiger partial charge in [0.05, 0.1) is 23.5 Å². The highest BCUT2D eigenvalue weighted by atomic mass is 32.2. The molecule has 3 saturated heterocycles.